The molecule has 134 valence electrons. The summed E-state index contributed by atoms with van der Waals surface area (Å²) in [5, 5.41) is 0.735. The van der Waals surface area contributed by atoms with E-state index in [1.54, 1.807) is 6.07 Å². The number of ether oxygens (including phenoxy) is 2. The van der Waals surface area contributed by atoms with Gasteiger partial charge in [0, 0.05) is 17.3 Å². The van der Waals surface area contributed by atoms with Gasteiger partial charge in [-0.15, -0.1) is 0 Å². The average Bonchev–Trinajstić information content (AvgIpc) is 2.61. The quantitative estimate of drug-likeness (QED) is 0.426. The van der Waals surface area contributed by atoms with Crippen molar-refractivity contribution >= 4 is 35.0 Å². The van der Waals surface area contributed by atoms with Gasteiger partial charge >= 0.3 is 6.16 Å². The summed E-state index contributed by atoms with van der Waals surface area (Å²) in [6.07, 6.45) is 1.38. The van der Waals surface area contributed by atoms with Gasteiger partial charge in [0.2, 0.25) is 0 Å². The predicted octanol–water partition coefficient (Wildman–Crippen LogP) is 5.82. The molecule has 0 heterocycles. The van der Waals surface area contributed by atoms with Crippen LogP contribution in [-0.2, 0) is 4.74 Å². The molecule has 0 fully saturated rings. The Labute approximate surface area is 158 Å². The van der Waals surface area contributed by atoms with Crippen molar-refractivity contribution in [1.82, 2.24) is 0 Å². The van der Waals surface area contributed by atoms with Gasteiger partial charge in [-0.25, -0.2) is 4.79 Å². The third-order valence-corrected chi connectivity index (χ3v) is 4.10. The Bertz CT molecular complexity index is 680. The van der Waals surface area contributed by atoms with E-state index in [4.69, 9.17) is 32.7 Å². The standard InChI is InChI=1S/C19H21Cl2NO3/c1-2-3-11-22(16-7-5-4-6-8-16)12-13-24-19(23)25-18-10-9-15(20)14-17(18)21/h4-10,14H,2-3,11-13H2,1H3. The van der Waals surface area contributed by atoms with Crippen LogP contribution >= 0.6 is 23.2 Å². The molecular weight excluding hydrogens is 361 g/mol. The van der Waals surface area contributed by atoms with Crippen LogP contribution in [0.1, 0.15) is 19.8 Å². The van der Waals surface area contributed by atoms with E-state index in [0.29, 0.717) is 11.6 Å². The van der Waals surface area contributed by atoms with Crippen molar-refractivity contribution in [3.8, 4) is 5.75 Å². The maximum absolute atomic E-state index is 11.8. The average molecular weight is 382 g/mol. The van der Waals surface area contributed by atoms with Crippen molar-refractivity contribution in [2.24, 2.45) is 0 Å². The Morgan fingerprint density at radius 1 is 1.08 bits per heavy atom. The SMILES string of the molecule is CCCCN(CCOC(=O)Oc1ccc(Cl)cc1Cl)c1ccccc1. The zero-order valence-electron chi connectivity index (χ0n) is 14.1. The largest absolute Gasteiger partial charge is 0.513 e. The van der Waals surface area contributed by atoms with E-state index in [1.807, 2.05) is 30.3 Å². The molecule has 0 bridgehead atoms. The molecule has 0 aliphatic rings. The number of anilines is 1. The molecule has 2 rings (SSSR count). The first-order valence-corrected chi connectivity index (χ1v) is 8.95. The molecule has 0 radical (unpaired) electrons. The smallest absolute Gasteiger partial charge is 0.432 e. The third kappa shape index (κ3) is 6.48. The van der Waals surface area contributed by atoms with Gasteiger partial charge < -0.3 is 14.4 Å². The zero-order valence-corrected chi connectivity index (χ0v) is 15.6. The number of rotatable bonds is 8. The molecule has 2 aromatic carbocycles. The van der Waals surface area contributed by atoms with E-state index in [-0.39, 0.29) is 17.4 Å². The lowest BCUT2D eigenvalue weighted by Gasteiger charge is -2.24. The number of carbonyl (C=O) groups is 1. The number of unbranched alkanes of at least 4 members (excludes halogenated alkanes) is 1. The van der Waals surface area contributed by atoms with Crippen LogP contribution < -0.4 is 9.64 Å². The molecule has 0 aliphatic carbocycles. The number of hydrogen-bond donors (Lipinski definition) is 0. The number of halogens is 2. The highest BCUT2D eigenvalue weighted by Gasteiger charge is 2.12. The summed E-state index contributed by atoms with van der Waals surface area (Å²) in [5.41, 5.74) is 1.11. The van der Waals surface area contributed by atoms with Gasteiger partial charge in [-0.2, -0.15) is 0 Å². The number of nitrogens with zero attached hydrogens (tertiary/aromatic N) is 1. The van der Waals surface area contributed by atoms with E-state index in [9.17, 15) is 4.79 Å². The molecule has 0 aliphatic heterocycles. The summed E-state index contributed by atoms with van der Waals surface area (Å²) in [6, 6.07) is 14.7. The zero-order chi connectivity index (χ0) is 18.1. The first-order valence-electron chi connectivity index (χ1n) is 8.20. The van der Waals surface area contributed by atoms with E-state index in [2.05, 4.69) is 11.8 Å². The summed E-state index contributed by atoms with van der Waals surface area (Å²) in [5.74, 6) is 0.224. The minimum absolute atomic E-state index is 0.224. The van der Waals surface area contributed by atoms with Crippen LogP contribution in [-0.4, -0.2) is 25.9 Å². The highest BCUT2D eigenvalue weighted by molar-refractivity contribution is 6.35. The van der Waals surface area contributed by atoms with Crippen molar-refractivity contribution in [3.63, 3.8) is 0 Å². The Hall–Kier alpha value is -1.91. The summed E-state index contributed by atoms with van der Waals surface area (Å²) in [6.45, 7) is 3.87. The minimum atomic E-state index is -0.785. The number of carbonyl (C=O) groups excluding carboxylic acids is 1. The number of para-hydroxylation sites is 1. The lowest BCUT2D eigenvalue weighted by molar-refractivity contribution is 0.101. The van der Waals surface area contributed by atoms with Gasteiger partial charge in [-0.3, -0.25) is 0 Å². The maximum Gasteiger partial charge on any atom is 0.513 e. The Balaban J connectivity index is 1.85. The molecule has 0 saturated heterocycles. The highest BCUT2D eigenvalue weighted by atomic mass is 35.5. The maximum atomic E-state index is 11.8. The normalized spacial score (nSPS) is 10.4. The van der Waals surface area contributed by atoms with Gasteiger partial charge in [0.25, 0.3) is 0 Å². The summed E-state index contributed by atoms with van der Waals surface area (Å²) >= 11 is 11.8. The fourth-order valence-electron chi connectivity index (χ4n) is 2.27. The van der Waals surface area contributed by atoms with Crippen LogP contribution in [0, 0.1) is 0 Å². The summed E-state index contributed by atoms with van der Waals surface area (Å²) < 4.78 is 10.3. The van der Waals surface area contributed by atoms with Gasteiger partial charge in [-0.05, 0) is 36.8 Å². The first-order chi connectivity index (χ1) is 12.1. The molecule has 0 unspecified atom stereocenters. The summed E-state index contributed by atoms with van der Waals surface area (Å²) in [7, 11) is 0. The molecule has 4 nitrogen and oxygen atoms in total. The number of benzene rings is 2. The van der Waals surface area contributed by atoms with E-state index in [0.717, 1.165) is 25.1 Å². The molecule has 0 atom stereocenters. The topological polar surface area (TPSA) is 38.8 Å². The van der Waals surface area contributed by atoms with Gasteiger partial charge in [0.15, 0.2) is 5.75 Å². The molecule has 25 heavy (non-hydrogen) atoms. The van der Waals surface area contributed by atoms with E-state index < -0.39 is 6.16 Å². The second-order valence-electron chi connectivity index (χ2n) is 5.45. The van der Waals surface area contributed by atoms with Crippen molar-refractivity contribution < 1.29 is 14.3 Å². The molecule has 0 saturated carbocycles. The molecular formula is C19H21Cl2NO3. The highest BCUT2D eigenvalue weighted by Crippen LogP contribution is 2.27. The minimum Gasteiger partial charge on any atom is -0.432 e. The molecule has 0 N–H and O–H groups in total. The van der Waals surface area contributed by atoms with Crippen LogP contribution in [0.5, 0.6) is 5.75 Å². The third-order valence-electron chi connectivity index (χ3n) is 3.57. The van der Waals surface area contributed by atoms with Crippen LogP contribution in [0.2, 0.25) is 10.0 Å². The van der Waals surface area contributed by atoms with Gasteiger partial charge in [-0.1, -0.05) is 54.7 Å². The van der Waals surface area contributed by atoms with Crippen LogP contribution in [0.3, 0.4) is 0 Å². The van der Waals surface area contributed by atoms with Crippen LogP contribution in [0.25, 0.3) is 0 Å². The molecule has 6 heteroatoms. The van der Waals surface area contributed by atoms with Crippen molar-refractivity contribution in [2.75, 3.05) is 24.6 Å². The lowest BCUT2D eigenvalue weighted by Crippen LogP contribution is -2.29. The number of hydrogen-bond acceptors (Lipinski definition) is 4. The first kappa shape index (κ1) is 19.4. The van der Waals surface area contributed by atoms with Crippen molar-refractivity contribution in [3.05, 3.63) is 58.6 Å². The fourth-order valence-corrected chi connectivity index (χ4v) is 2.72. The van der Waals surface area contributed by atoms with E-state index in [1.165, 1.54) is 12.1 Å². The molecule has 0 amide bonds. The van der Waals surface area contributed by atoms with Crippen molar-refractivity contribution in [1.29, 1.82) is 0 Å². The van der Waals surface area contributed by atoms with Crippen LogP contribution in [0.4, 0.5) is 10.5 Å². The lowest BCUT2D eigenvalue weighted by atomic mass is 10.2. The summed E-state index contributed by atoms with van der Waals surface area (Å²) in [4.78, 5) is 14.0. The Morgan fingerprint density at radius 3 is 2.52 bits per heavy atom. The molecule has 0 spiro atoms. The second-order valence-corrected chi connectivity index (χ2v) is 6.30. The van der Waals surface area contributed by atoms with E-state index >= 15 is 0 Å². The molecule has 2 aromatic rings. The van der Waals surface area contributed by atoms with Gasteiger partial charge in [0.1, 0.15) is 6.61 Å². The second kappa shape index (κ2) is 10.2. The Morgan fingerprint density at radius 2 is 1.84 bits per heavy atom. The molecule has 0 aromatic heterocycles. The van der Waals surface area contributed by atoms with Crippen molar-refractivity contribution in [2.45, 2.75) is 19.8 Å². The fraction of sp³-hybridized carbons (Fsp3) is 0.316. The van der Waals surface area contributed by atoms with Crippen LogP contribution in [0.15, 0.2) is 48.5 Å². The monoisotopic (exact) mass is 381 g/mol. The Kier molecular flexibility index (Phi) is 7.89. The predicted molar refractivity (Wildman–Crippen MR) is 102 cm³/mol. The van der Waals surface area contributed by atoms with Gasteiger partial charge in [0.05, 0.1) is 11.6 Å².